The minimum atomic E-state index is -0.744. The standard InChI is InChI=1S/C15H18O5/c1-15(2)19-12-11(18-14(16)13(12)20-15)9-17-8-10-6-4-3-5-7-10/h3-7,11-13H,8-9H2,1-2H3/t11?,12-,13-/m1/s1. The lowest BCUT2D eigenvalue weighted by molar-refractivity contribution is -0.190. The first-order chi connectivity index (χ1) is 9.55. The van der Waals surface area contributed by atoms with E-state index in [0.29, 0.717) is 13.2 Å². The van der Waals surface area contributed by atoms with Crippen LogP contribution < -0.4 is 0 Å². The van der Waals surface area contributed by atoms with Crippen molar-refractivity contribution in [1.82, 2.24) is 0 Å². The van der Waals surface area contributed by atoms with Crippen molar-refractivity contribution in [2.24, 2.45) is 0 Å². The molecule has 1 unspecified atom stereocenters. The van der Waals surface area contributed by atoms with E-state index in [4.69, 9.17) is 18.9 Å². The molecular weight excluding hydrogens is 260 g/mol. The quantitative estimate of drug-likeness (QED) is 0.784. The fourth-order valence-corrected chi connectivity index (χ4v) is 2.52. The zero-order valence-electron chi connectivity index (χ0n) is 11.6. The van der Waals surface area contributed by atoms with E-state index in [1.807, 2.05) is 30.3 Å². The van der Waals surface area contributed by atoms with Crippen LogP contribution >= 0.6 is 0 Å². The van der Waals surface area contributed by atoms with Gasteiger partial charge in [0.05, 0.1) is 13.2 Å². The Morgan fingerprint density at radius 1 is 1.20 bits per heavy atom. The molecule has 0 spiro atoms. The number of carbonyl (C=O) groups excluding carboxylic acids is 1. The normalized spacial score (nSPS) is 31.1. The molecule has 1 aromatic rings. The molecule has 0 aliphatic carbocycles. The fourth-order valence-electron chi connectivity index (χ4n) is 2.52. The van der Waals surface area contributed by atoms with Crippen molar-refractivity contribution in [3.63, 3.8) is 0 Å². The maximum absolute atomic E-state index is 11.7. The van der Waals surface area contributed by atoms with Gasteiger partial charge < -0.3 is 18.9 Å². The predicted octanol–water partition coefficient (Wildman–Crippen LogP) is 1.65. The first-order valence-electron chi connectivity index (χ1n) is 6.73. The van der Waals surface area contributed by atoms with Crippen LogP contribution in [0.3, 0.4) is 0 Å². The highest BCUT2D eigenvalue weighted by Crippen LogP contribution is 2.36. The van der Waals surface area contributed by atoms with Gasteiger partial charge in [-0.1, -0.05) is 30.3 Å². The SMILES string of the molecule is CC1(C)O[C@@H]2C(COCc3ccccc3)OC(=O)[C@@H]2O1. The maximum atomic E-state index is 11.7. The van der Waals surface area contributed by atoms with Gasteiger partial charge in [0.1, 0.15) is 6.10 Å². The van der Waals surface area contributed by atoms with Crippen molar-refractivity contribution < 1.29 is 23.7 Å². The molecule has 0 N–H and O–H groups in total. The first kappa shape index (κ1) is 13.5. The first-order valence-corrected chi connectivity index (χ1v) is 6.73. The Hall–Kier alpha value is -1.43. The summed E-state index contributed by atoms with van der Waals surface area (Å²) in [4.78, 5) is 11.7. The Morgan fingerprint density at radius 2 is 1.95 bits per heavy atom. The summed E-state index contributed by atoms with van der Waals surface area (Å²) in [6, 6.07) is 9.85. The van der Waals surface area contributed by atoms with Crippen molar-refractivity contribution in [1.29, 1.82) is 0 Å². The van der Waals surface area contributed by atoms with Gasteiger partial charge in [-0.25, -0.2) is 4.79 Å². The molecule has 108 valence electrons. The van der Waals surface area contributed by atoms with Gasteiger partial charge >= 0.3 is 5.97 Å². The zero-order chi connectivity index (χ0) is 14.2. The molecule has 2 saturated heterocycles. The summed E-state index contributed by atoms with van der Waals surface area (Å²) in [5.41, 5.74) is 1.08. The fraction of sp³-hybridized carbons (Fsp3) is 0.533. The molecule has 0 aromatic heterocycles. The van der Waals surface area contributed by atoms with E-state index in [1.54, 1.807) is 13.8 Å². The lowest BCUT2D eigenvalue weighted by Gasteiger charge is -2.21. The minimum absolute atomic E-state index is 0.307. The van der Waals surface area contributed by atoms with E-state index in [9.17, 15) is 4.79 Å². The molecule has 2 fully saturated rings. The molecule has 2 heterocycles. The Balaban J connectivity index is 1.55. The molecule has 0 bridgehead atoms. The lowest BCUT2D eigenvalue weighted by atomic mass is 10.1. The Bertz CT molecular complexity index is 484. The van der Waals surface area contributed by atoms with Crippen LogP contribution in [0, 0.1) is 0 Å². The van der Waals surface area contributed by atoms with Gasteiger partial charge in [-0.2, -0.15) is 0 Å². The molecule has 0 radical (unpaired) electrons. The molecule has 3 atom stereocenters. The van der Waals surface area contributed by atoms with Crippen molar-refractivity contribution >= 4 is 5.97 Å². The number of rotatable bonds is 4. The van der Waals surface area contributed by atoms with Crippen LogP contribution in [-0.4, -0.2) is 36.7 Å². The number of hydrogen-bond donors (Lipinski definition) is 0. The molecule has 1 aromatic carbocycles. The number of hydrogen-bond acceptors (Lipinski definition) is 5. The summed E-state index contributed by atoms with van der Waals surface area (Å²) < 4.78 is 22.1. The van der Waals surface area contributed by atoms with E-state index in [1.165, 1.54) is 0 Å². The van der Waals surface area contributed by atoms with Crippen LogP contribution in [0.1, 0.15) is 19.4 Å². The number of cyclic esters (lactones) is 1. The molecular formula is C15H18O5. The van der Waals surface area contributed by atoms with Gasteiger partial charge in [-0.05, 0) is 19.4 Å². The monoisotopic (exact) mass is 278 g/mol. The maximum Gasteiger partial charge on any atom is 0.338 e. The highest BCUT2D eigenvalue weighted by molar-refractivity contribution is 5.78. The smallest absolute Gasteiger partial charge is 0.338 e. The number of fused-ring (bicyclic) bond motifs is 1. The van der Waals surface area contributed by atoms with Gasteiger partial charge in [0.2, 0.25) is 0 Å². The van der Waals surface area contributed by atoms with Crippen molar-refractivity contribution in [3.05, 3.63) is 35.9 Å². The largest absolute Gasteiger partial charge is 0.455 e. The number of ether oxygens (including phenoxy) is 4. The second-order valence-corrected chi connectivity index (χ2v) is 5.50. The molecule has 2 aliphatic rings. The molecule has 5 nitrogen and oxygen atoms in total. The van der Waals surface area contributed by atoms with E-state index >= 15 is 0 Å². The van der Waals surface area contributed by atoms with Gasteiger partial charge in [-0.3, -0.25) is 0 Å². The number of benzene rings is 1. The molecule has 0 amide bonds. The highest BCUT2D eigenvalue weighted by Gasteiger charge is 2.55. The van der Waals surface area contributed by atoms with E-state index in [2.05, 4.69) is 0 Å². The predicted molar refractivity (Wildman–Crippen MR) is 69.8 cm³/mol. The topological polar surface area (TPSA) is 54.0 Å². The summed E-state index contributed by atoms with van der Waals surface area (Å²) >= 11 is 0. The van der Waals surface area contributed by atoms with Crippen LogP contribution in [0.4, 0.5) is 0 Å². The Labute approximate surface area is 117 Å². The van der Waals surface area contributed by atoms with Gasteiger partial charge in [0, 0.05) is 0 Å². The lowest BCUT2D eigenvalue weighted by Crippen LogP contribution is -2.32. The molecule has 0 saturated carbocycles. The Kier molecular flexibility index (Phi) is 3.50. The third kappa shape index (κ3) is 2.70. The van der Waals surface area contributed by atoms with Gasteiger partial charge in [0.15, 0.2) is 18.0 Å². The van der Waals surface area contributed by atoms with Gasteiger partial charge in [0.25, 0.3) is 0 Å². The van der Waals surface area contributed by atoms with E-state index in [0.717, 1.165) is 5.56 Å². The van der Waals surface area contributed by atoms with Crippen LogP contribution in [0.25, 0.3) is 0 Å². The third-order valence-corrected chi connectivity index (χ3v) is 3.39. The van der Waals surface area contributed by atoms with Crippen molar-refractivity contribution in [2.45, 2.75) is 44.6 Å². The Morgan fingerprint density at radius 3 is 2.70 bits per heavy atom. The summed E-state index contributed by atoms with van der Waals surface area (Å²) in [7, 11) is 0. The van der Waals surface area contributed by atoms with Crippen LogP contribution in [0.5, 0.6) is 0 Å². The van der Waals surface area contributed by atoms with Gasteiger partial charge in [-0.15, -0.1) is 0 Å². The third-order valence-electron chi connectivity index (χ3n) is 3.39. The average Bonchev–Trinajstić information content (AvgIpc) is 2.87. The number of carbonyl (C=O) groups is 1. The van der Waals surface area contributed by atoms with E-state index < -0.39 is 18.0 Å². The summed E-state index contributed by atoms with van der Waals surface area (Å²) in [5.74, 6) is -1.11. The second-order valence-electron chi connectivity index (χ2n) is 5.50. The van der Waals surface area contributed by atoms with E-state index in [-0.39, 0.29) is 12.1 Å². The second kappa shape index (κ2) is 5.16. The molecule has 5 heteroatoms. The summed E-state index contributed by atoms with van der Waals surface area (Å²) in [5, 5.41) is 0. The molecule has 20 heavy (non-hydrogen) atoms. The summed E-state index contributed by atoms with van der Waals surface area (Å²) in [6.07, 6.45) is -1.42. The molecule has 3 rings (SSSR count). The van der Waals surface area contributed by atoms with Crippen molar-refractivity contribution in [3.8, 4) is 0 Å². The van der Waals surface area contributed by atoms with Crippen LogP contribution in [-0.2, 0) is 30.3 Å². The average molecular weight is 278 g/mol. The minimum Gasteiger partial charge on any atom is -0.455 e. The van der Waals surface area contributed by atoms with Crippen molar-refractivity contribution in [2.75, 3.05) is 6.61 Å². The zero-order valence-corrected chi connectivity index (χ0v) is 11.6. The summed E-state index contributed by atoms with van der Waals surface area (Å²) in [6.45, 7) is 4.37. The molecule has 2 aliphatic heterocycles. The van der Waals surface area contributed by atoms with Crippen LogP contribution in [0.15, 0.2) is 30.3 Å². The highest BCUT2D eigenvalue weighted by atomic mass is 16.8. The number of esters is 1. The van der Waals surface area contributed by atoms with Crippen LogP contribution in [0.2, 0.25) is 0 Å².